The van der Waals surface area contributed by atoms with Crippen molar-refractivity contribution < 1.29 is 18.0 Å². The molecular formula is C29H35N3O4S. The maximum Gasteiger partial charge on any atom is 0.264 e. The van der Waals surface area contributed by atoms with E-state index in [1.807, 2.05) is 52.0 Å². The van der Waals surface area contributed by atoms with Crippen molar-refractivity contribution >= 4 is 27.5 Å². The van der Waals surface area contributed by atoms with E-state index in [0.29, 0.717) is 18.7 Å². The van der Waals surface area contributed by atoms with Gasteiger partial charge in [-0.1, -0.05) is 72.6 Å². The fourth-order valence-corrected chi connectivity index (χ4v) is 5.59. The van der Waals surface area contributed by atoms with Crippen molar-refractivity contribution in [3.63, 3.8) is 0 Å². The second kappa shape index (κ2) is 12.5. The molecule has 0 aliphatic heterocycles. The average molecular weight is 522 g/mol. The largest absolute Gasteiger partial charge is 0.355 e. The maximum absolute atomic E-state index is 13.9. The van der Waals surface area contributed by atoms with Crippen LogP contribution >= 0.6 is 0 Å². The first-order valence-electron chi connectivity index (χ1n) is 12.4. The number of sulfonamides is 1. The maximum atomic E-state index is 13.9. The molecule has 0 aromatic heterocycles. The third-order valence-electron chi connectivity index (χ3n) is 6.10. The fourth-order valence-electron chi connectivity index (χ4n) is 4.18. The highest BCUT2D eigenvalue weighted by Crippen LogP contribution is 2.25. The first-order chi connectivity index (χ1) is 17.7. The van der Waals surface area contributed by atoms with Crippen molar-refractivity contribution in [2.75, 3.05) is 17.4 Å². The minimum absolute atomic E-state index is 0.0933. The van der Waals surface area contributed by atoms with E-state index >= 15 is 0 Å². The lowest BCUT2D eigenvalue weighted by Crippen LogP contribution is -2.52. The Kier molecular flexibility index (Phi) is 9.47. The van der Waals surface area contributed by atoms with Crippen LogP contribution in [0, 0.1) is 13.8 Å². The number of likely N-dealkylation sites (N-methyl/N-ethyl adjacent to an activating group) is 1. The van der Waals surface area contributed by atoms with E-state index < -0.39 is 28.5 Å². The average Bonchev–Trinajstić information content (AvgIpc) is 2.88. The molecular weight excluding hydrogens is 486 g/mol. The van der Waals surface area contributed by atoms with Gasteiger partial charge in [-0.25, -0.2) is 8.42 Å². The predicted octanol–water partition coefficient (Wildman–Crippen LogP) is 4.44. The first-order valence-corrected chi connectivity index (χ1v) is 13.9. The summed E-state index contributed by atoms with van der Waals surface area (Å²) in [7, 11) is -4.06. The standard InChI is InChI=1S/C29H35N3O4S/c1-5-27(29(34)30-6-2)31(20-24-12-10-11-23(4)19-24)28(33)21-32(25-13-8-7-9-14-25)37(35,36)26-17-15-22(3)16-18-26/h7-19,27H,5-6,20-21H2,1-4H3,(H,30,34)/t27-/m0/s1. The van der Waals surface area contributed by atoms with Crippen molar-refractivity contribution in [1.82, 2.24) is 10.2 Å². The number of carbonyl (C=O) groups excluding carboxylic acids is 2. The Hall–Kier alpha value is -3.65. The van der Waals surface area contributed by atoms with Gasteiger partial charge in [0.1, 0.15) is 12.6 Å². The number of benzene rings is 3. The molecule has 7 nitrogen and oxygen atoms in total. The molecule has 3 aromatic rings. The molecule has 0 saturated heterocycles. The molecule has 0 saturated carbocycles. The molecule has 0 aliphatic rings. The van der Waals surface area contributed by atoms with E-state index in [0.717, 1.165) is 21.0 Å². The molecule has 37 heavy (non-hydrogen) atoms. The van der Waals surface area contributed by atoms with Gasteiger partial charge in [0.15, 0.2) is 0 Å². The van der Waals surface area contributed by atoms with E-state index in [9.17, 15) is 18.0 Å². The number of hydrogen-bond acceptors (Lipinski definition) is 4. The lowest BCUT2D eigenvalue weighted by atomic mass is 10.1. The molecule has 0 heterocycles. The van der Waals surface area contributed by atoms with Crippen molar-refractivity contribution in [2.24, 2.45) is 0 Å². The van der Waals surface area contributed by atoms with Crippen LogP contribution in [0.15, 0.2) is 83.8 Å². The second-order valence-electron chi connectivity index (χ2n) is 8.99. The molecule has 0 bridgehead atoms. The normalized spacial score (nSPS) is 12.0. The summed E-state index contributed by atoms with van der Waals surface area (Å²) in [6, 6.07) is 22.1. The third kappa shape index (κ3) is 6.98. The smallest absolute Gasteiger partial charge is 0.264 e. The number of nitrogens with one attached hydrogen (secondary N) is 1. The van der Waals surface area contributed by atoms with Crippen LogP contribution in [0.25, 0.3) is 0 Å². The van der Waals surface area contributed by atoms with E-state index in [4.69, 9.17) is 0 Å². The van der Waals surface area contributed by atoms with Gasteiger partial charge in [-0.2, -0.15) is 0 Å². The van der Waals surface area contributed by atoms with Gasteiger partial charge in [-0.05, 0) is 57.0 Å². The van der Waals surface area contributed by atoms with Crippen molar-refractivity contribution in [3.05, 3.63) is 95.6 Å². The topological polar surface area (TPSA) is 86.8 Å². The summed E-state index contributed by atoms with van der Waals surface area (Å²) in [4.78, 5) is 28.4. The first kappa shape index (κ1) is 27.9. The Morgan fingerprint density at radius 3 is 2.14 bits per heavy atom. The summed E-state index contributed by atoms with van der Waals surface area (Å²) in [5.41, 5.74) is 3.20. The third-order valence-corrected chi connectivity index (χ3v) is 7.89. The van der Waals surface area contributed by atoms with Crippen LogP contribution in [-0.2, 0) is 26.2 Å². The number of carbonyl (C=O) groups is 2. The minimum Gasteiger partial charge on any atom is -0.355 e. The van der Waals surface area contributed by atoms with Crippen molar-refractivity contribution in [3.8, 4) is 0 Å². The summed E-state index contributed by atoms with van der Waals surface area (Å²) in [6.07, 6.45) is 0.388. The van der Waals surface area contributed by atoms with Crippen LogP contribution < -0.4 is 9.62 Å². The number of rotatable bonds is 11. The van der Waals surface area contributed by atoms with Gasteiger partial charge in [0.25, 0.3) is 10.0 Å². The number of anilines is 1. The Bertz CT molecular complexity index is 1310. The van der Waals surface area contributed by atoms with Gasteiger partial charge in [-0.3, -0.25) is 13.9 Å². The van der Waals surface area contributed by atoms with E-state index in [-0.39, 0.29) is 17.3 Å². The highest BCUT2D eigenvalue weighted by atomic mass is 32.2. The summed E-state index contributed by atoms with van der Waals surface area (Å²) in [5.74, 6) is -0.724. The number of hydrogen-bond donors (Lipinski definition) is 1. The molecule has 0 spiro atoms. The van der Waals surface area contributed by atoms with Crippen molar-refractivity contribution in [2.45, 2.75) is 51.6 Å². The Balaban J connectivity index is 2.03. The number of amides is 2. The monoisotopic (exact) mass is 521 g/mol. The zero-order valence-electron chi connectivity index (χ0n) is 21.8. The predicted molar refractivity (Wildman–Crippen MR) is 147 cm³/mol. The summed E-state index contributed by atoms with van der Waals surface area (Å²) in [5, 5.41) is 2.81. The molecule has 2 amide bonds. The highest BCUT2D eigenvalue weighted by Gasteiger charge is 2.33. The zero-order valence-corrected chi connectivity index (χ0v) is 22.7. The summed E-state index contributed by atoms with van der Waals surface area (Å²) >= 11 is 0. The lowest BCUT2D eigenvalue weighted by molar-refractivity contribution is -0.140. The van der Waals surface area contributed by atoms with Crippen molar-refractivity contribution in [1.29, 1.82) is 0 Å². The molecule has 196 valence electrons. The molecule has 3 rings (SSSR count). The van der Waals surface area contributed by atoms with Crippen LogP contribution in [0.3, 0.4) is 0 Å². The second-order valence-corrected chi connectivity index (χ2v) is 10.9. The van der Waals surface area contributed by atoms with Crippen LogP contribution in [0.1, 0.15) is 37.0 Å². The molecule has 1 N–H and O–H groups in total. The van der Waals surface area contributed by atoms with E-state index in [1.54, 1.807) is 54.6 Å². The van der Waals surface area contributed by atoms with Crippen LogP contribution in [0.4, 0.5) is 5.69 Å². The molecule has 3 aromatic carbocycles. The van der Waals surface area contributed by atoms with Crippen LogP contribution in [0.2, 0.25) is 0 Å². The fraction of sp³-hybridized carbons (Fsp3) is 0.310. The van der Waals surface area contributed by atoms with Crippen LogP contribution in [0.5, 0.6) is 0 Å². The lowest BCUT2D eigenvalue weighted by Gasteiger charge is -2.33. The molecule has 0 unspecified atom stereocenters. The van der Waals surface area contributed by atoms with Crippen LogP contribution in [-0.4, -0.2) is 44.3 Å². The van der Waals surface area contributed by atoms with Gasteiger partial charge in [-0.15, -0.1) is 0 Å². The number of aryl methyl sites for hydroxylation is 2. The summed E-state index contributed by atoms with van der Waals surface area (Å²) < 4.78 is 28.6. The Morgan fingerprint density at radius 1 is 0.865 bits per heavy atom. The highest BCUT2D eigenvalue weighted by molar-refractivity contribution is 7.92. The number of para-hydroxylation sites is 1. The van der Waals surface area contributed by atoms with Gasteiger partial charge >= 0.3 is 0 Å². The van der Waals surface area contributed by atoms with Gasteiger partial charge in [0, 0.05) is 13.1 Å². The molecule has 0 radical (unpaired) electrons. The Labute approximate surface area is 220 Å². The Morgan fingerprint density at radius 2 is 1.54 bits per heavy atom. The zero-order chi connectivity index (χ0) is 27.0. The quantitative estimate of drug-likeness (QED) is 0.404. The minimum atomic E-state index is -4.06. The SMILES string of the molecule is CCNC(=O)[C@H](CC)N(Cc1cccc(C)c1)C(=O)CN(c1ccccc1)S(=O)(=O)c1ccc(C)cc1. The van der Waals surface area contributed by atoms with E-state index in [1.165, 1.54) is 4.90 Å². The molecule has 1 atom stereocenters. The number of nitrogens with zero attached hydrogens (tertiary/aromatic N) is 2. The van der Waals surface area contributed by atoms with Gasteiger partial charge in [0.2, 0.25) is 11.8 Å². The van der Waals surface area contributed by atoms with Gasteiger partial charge < -0.3 is 10.2 Å². The molecule has 8 heteroatoms. The van der Waals surface area contributed by atoms with E-state index in [2.05, 4.69) is 5.32 Å². The van der Waals surface area contributed by atoms with Gasteiger partial charge in [0.05, 0.1) is 10.6 Å². The molecule has 0 fully saturated rings. The summed E-state index contributed by atoms with van der Waals surface area (Å²) in [6.45, 7) is 7.68. The molecule has 0 aliphatic carbocycles.